The number of hydrogen-bond donors (Lipinski definition) is 1. The lowest BCUT2D eigenvalue weighted by Gasteiger charge is -2.28. The quantitative estimate of drug-likeness (QED) is 0.785. The zero-order valence-electron chi connectivity index (χ0n) is 13.3. The molecule has 134 valence electrons. The van der Waals surface area contributed by atoms with Crippen LogP contribution in [-0.4, -0.2) is 26.6 Å². The molecule has 0 saturated heterocycles. The summed E-state index contributed by atoms with van der Waals surface area (Å²) in [5.74, 6) is -2.93. The zero-order valence-corrected chi connectivity index (χ0v) is 15.7. The first-order valence-corrected chi connectivity index (χ1v) is 9.74. The highest BCUT2D eigenvalue weighted by Gasteiger charge is 2.29. The highest BCUT2D eigenvalue weighted by molar-refractivity contribution is 9.10. The van der Waals surface area contributed by atoms with Crippen molar-refractivity contribution in [2.24, 2.45) is 0 Å². The van der Waals surface area contributed by atoms with Crippen LogP contribution in [-0.2, 0) is 14.8 Å². The largest absolute Gasteiger partial charge is 0.324 e. The van der Waals surface area contributed by atoms with Gasteiger partial charge in [0.2, 0.25) is 15.9 Å². The van der Waals surface area contributed by atoms with E-state index < -0.39 is 33.6 Å². The second-order valence-electron chi connectivity index (χ2n) is 5.33. The first-order chi connectivity index (χ1) is 11.6. The lowest BCUT2D eigenvalue weighted by Crippen LogP contribution is -2.45. The lowest BCUT2D eigenvalue weighted by atomic mass is 10.2. The number of halogens is 3. The van der Waals surface area contributed by atoms with Crippen LogP contribution >= 0.6 is 15.9 Å². The maximum absolute atomic E-state index is 13.5. The average molecular weight is 433 g/mol. The van der Waals surface area contributed by atoms with Crippen molar-refractivity contribution in [2.75, 3.05) is 15.9 Å². The Morgan fingerprint density at radius 2 is 1.84 bits per heavy atom. The van der Waals surface area contributed by atoms with Crippen molar-refractivity contribution < 1.29 is 22.0 Å². The number of carbonyl (C=O) groups is 1. The van der Waals surface area contributed by atoms with Crippen LogP contribution in [0.3, 0.4) is 0 Å². The molecule has 0 saturated carbocycles. The van der Waals surface area contributed by atoms with Crippen LogP contribution < -0.4 is 9.62 Å². The van der Waals surface area contributed by atoms with Gasteiger partial charge in [0.15, 0.2) is 11.6 Å². The maximum atomic E-state index is 13.5. The number of amides is 1. The molecule has 0 spiro atoms. The molecule has 0 aliphatic rings. The van der Waals surface area contributed by atoms with Crippen molar-refractivity contribution in [3.05, 3.63) is 58.6 Å². The van der Waals surface area contributed by atoms with Crippen LogP contribution in [0.25, 0.3) is 0 Å². The van der Waals surface area contributed by atoms with Gasteiger partial charge in [0.05, 0.1) is 11.9 Å². The van der Waals surface area contributed by atoms with E-state index in [-0.39, 0.29) is 5.69 Å². The number of sulfonamides is 1. The van der Waals surface area contributed by atoms with Crippen LogP contribution in [0.4, 0.5) is 20.2 Å². The van der Waals surface area contributed by atoms with Crippen molar-refractivity contribution >= 4 is 43.2 Å². The topological polar surface area (TPSA) is 66.5 Å². The van der Waals surface area contributed by atoms with Gasteiger partial charge in [-0.05, 0) is 37.3 Å². The van der Waals surface area contributed by atoms with Gasteiger partial charge in [-0.1, -0.05) is 22.0 Å². The molecule has 25 heavy (non-hydrogen) atoms. The molecular formula is C16H15BrF2N2O3S. The van der Waals surface area contributed by atoms with E-state index in [0.29, 0.717) is 5.69 Å². The number of carbonyl (C=O) groups excluding carboxylic acids is 1. The lowest BCUT2D eigenvalue weighted by molar-refractivity contribution is -0.116. The van der Waals surface area contributed by atoms with Crippen LogP contribution in [0.15, 0.2) is 46.9 Å². The molecule has 9 heteroatoms. The molecule has 0 aromatic heterocycles. The summed E-state index contributed by atoms with van der Waals surface area (Å²) >= 11 is 3.27. The number of nitrogens with zero attached hydrogens (tertiary/aromatic N) is 1. The number of hydrogen-bond acceptors (Lipinski definition) is 3. The van der Waals surface area contributed by atoms with Gasteiger partial charge in [-0.3, -0.25) is 9.10 Å². The van der Waals surface area contributed by atoms with Crippen molar-refractivity contribution in [1.29, 1.82) is 0 Å². The predicted molar refractivity (Wildman–Crippen MR) is 95.9 cm³/mol. The summed E-state index contributed by atoms with van der Waals surface area (Å²) in [4.78, 5) is 12.4. The highest BCUT2D eigenvalue weighted by Crippen LogP contribution is 2.24. The molecule has 0 bridgehead atoms. The van der Waals surface area contributed by atoms with Crippen LogP contribution in [0.5, 0.6) is 0 Å². The number of nitrogens with one attached hydrogen (secondary N) is 1. The van der Waals surface area contributed by atoms with Crippen molar-refractivity contribution in [2.45, 2.75) is 13.0 Å². The molecule has 2 aromatic rings. The third-order valence-electron chi connectivity index (χ3n) is 3.34. The van der Waals surface area contributed by atoms with E-state index in [1.165, 1.54) is 6.92 Å². The molecule has 0 unspecified atom stereocenters. The fraction of sp³-hybridized carbons (Fsp3) is 0.188. The number of anilines is 2. The van der Waals surface area contributed by atoms with Gasteiger partial charge >= 0.3 is 0 Å². The molecule has 1 amide bonds. The van der Waals surface area contributed by atoms with E-state index in [1.54, 1.807) is 24.3 Å². The highest BCUT2D eigenvalue weighted by atomic mass is 79.9. The smallest absolute Gasteiger partial charge is 0.247 e. The van der Waals surface area contributed by atoms with Gasteiger partial charge in [-0.2, -0.15) is 0 Å². The van der Waals surface area contributed by atoms with Crippen LogP contribution in [0, 0.1) is 11.6 Å². The van der Waals surface area contributed by atoms with Crippen LogP contribution in [0.2, 0.25) is 0 Å². The molecular weight excluding hydrogens is 418 g/mol. The first-order valence-electron chi connectivity index (χ1n) is 7.10. The predicted octanol–water partition coefficient (Wildman–Crippen LogP) is 3.52. The Morgan fingerprint density at radius 3 is 2.40 bits per heavy atom. The Labute approximate surface area is 152 Å². The van der Waals surface area contributed by atoms with Gasteiger partial charge in [0.25, 0.3) is 0 Å². The van der Waals surface area contributed by atoms with E-state index in [0.717, 1.165) is 33.2 Å². The SMILES string of the molecule is C[C@H](C(=O)Nc1cccc(Br)c1)N(c1ccc(F)c(F)c1)S(C)(=O)=O. The van der Waals surface area contributed by atoms with E-state index in [4.69, 9.17) is 0 Å². The summed E-state index contributed by atoms with van der Waals surface area (Å²) in [6.07, 6.45) is 0.886. The minimum Gasteiger partial charge on any atom is -0.324 e. The first kappa shape index (κ1) is 19.3. The Balaban J connectivity index is 2.34. The Morgan fingerprint density at radius 1 is 1.16 bits per heavy atom. The summed E-state index contributed by atoms with van der Waals surface area (Å²) in [5.41, 5.74) is 0.322. The molecule has 2 aromatic carbocycles. The normalized spacial score (nSPS) is 12.5. The molecule has 5 nitrogen and oxygen atoms in total. The van der Waals surface area contributed by atoms with E-state index in [2.05, 4.69) is 21.2 Å². The summed E-state index contributed by atoms with van der Waals surface area (Å²) < 4.78 is 52.3. The molecule has 1 atom stereocenters. The third-order valence-corrected chi connectivity index (χ3v) is 5.07. The third kappa shape index (κ3) is 4.76. The van der Waals surface area contributed by atoms with E-state index >= 15 is 0 Å². The molecule has 0 radical (unpaired) electrons. The molecule has 0 heterocycles. The summed E-state index contributed by atoms with van der Waals surface area (Å²) in [5, 5.41) is 2.59. The monoisotopic (exact) mass is 432 g/mol. The van der Waals surface area contributed by atoms with Gasteiger partial charge in [0, 0.05) is 16.2 Å². The molecule has 0 fully saturated rings. The summed E-state index contributed by atoms with van der Waals surface area (Å²) in [6, 6.07) is 8.21. The van der Waals surface area contributed by atoms with Gasteiger partial charge in [-0.25, -0.2) is 17.2 Å². The minimum absolute atomic E-state index is 0.140. The average Bonchev–Trinajstić information content (AvgIpc) is 2.49. The van der Waals surface area contributed by atoms with Gasteiger partial charge < -0.3 is 5.32 Å². The summed E-state index contributed by atoms with van der Waals surface area (Å²) in [6.45, 7) is 1.36. The van der Waals surface area contributed by atoms with Crippen LogP contribution in [0.1, 0.15) is 6.92 Å². The second kappa shape index (κ2) is 7.49. The van der Waals surface area contributed by atoms with Crippen molar-refractivity contribution in [3.63, 3.8) is 0 Å². The van der Waals surface area contributed by atoms with Gasteiger partial charge in [0.1, 0.15) is 6.04 Å². The van der Waals surface area contributed by atoms with Crippen molar-refractivity contribution in [3.8, 4) is 0 Å². The van der Waals surface area contributed by atoms with Gasteiger partial charge in [-0.15, -0.1) is 0 Å². The minimum atomic E-state index is -3.92. The molecule has 2 rings (SSSR count). The van der Waals surface area contributed by atoms with E-state index in [9.17, 15) is 22.0 Å². The fourth-order valence-electron chi connectivity index (χ4n) is 2.24. The molecule has 1 N–H and O–H groups in total. The van der Waals surface area contributed by atoms with E-state index in [1.807, 2.05) is 0 Å². The number of rotatable bonds is 5. The van der Waals surface area contributed by atoms with Crippen molar-refractivity contribution in [1.82, 2.24) is 0 Å². The zero-order chi connectivity index (χ0) is 18.8. The standard InChI is InChI=1S/C16H15BrF2N2O3S/c1-10(16(22)20-12-5-3-4-11(17)8-12)21(25(2,23)24)13-6-7-14(18)15(19)9-13/h3-10H,1-2H3,(H,20,22)/t10-/m1/s1. The number of benzene rings is 2. The Kier molecular flexibility index (Phi) is 5.79. The fourth-order valence-corrected chi connectivity index (χ4v) is 3.81. The maximum Gasteiger partial charge on any atom is 0.247 e. The Bertz CT molecular complexity index is 906. The summed E-state index contributed by atoms with van der Waals surface area (Å²) in [7, 11) is -3.92. The second-order valence-corrected chi connectivity index (χ2v) is 8.11. The molecule has 0 aliphatic carbocycles. The Hall–Kier alpha value is -2.00. The molecule has 0 aliphatic heterocycles.